The van der Waals surface area contributed by atoms with E-state index in [0.29, 0.717) is 28.5 Å². The third-order valence-corrected chi connectivity index (χ3v) is 4.12. The average molecular weight is 406 g/mol. The van der Waals surface area contributed by atoms with Crippen molar-refractivity contribution in [2.45, 2.75) is 0 Å². The predicted octanol–water partition coefficient (Wildman–Crippen LogP) is 3.80. The van der Waals surface area contributed by atoms with Gasteiger partial charge in [-0.2, -0.15) is 0 Å². The monoisotopic (exact) mass is 405 g/mol. The molecule has 0 aliphatic heterocycles. The van der Waals surface area contributed by atoms with Crippen LogP contribution in [0, 0.1) is 0 Å². The molecule has 0 radical (unpaired) electrons. The van der Waals surface area contributed by atoms with E-state index in [0.717, 1.165) is 0 Å². The highest BCUT2D eigenvalue weighted by atomic mass is 35.5. The number of anilines is 1. The molecule has 8 heteroatoms. The van der Waals surface area contributed by atoms with E-state index in [2.05, 4.69) is 10.1 Å². The lowest BCUT2D eigenvalue weighted by Gasteiger charge is -2.14. The van der Waals surface area contributed by atoms with Gasteiger partial charge < -0.3 is 24.3 Å². The number of esters is 1. The lowest BCUT2D eigenvalue weighted by molar-refractivity contribution is -0.111. The number of ether oxygens (including phenoxy) is 4. The molecule has 0 saturated carbocycles. The molecule has 148 valence electrons. The smallest absolute Gasteiger partial charge is 0.339 e. The van der Waals surface area contributed by atoms with Crippen LogP contribution >= 0.6 is 11.6 Å². The van der Waals surface area contributed by atoms with Gasteiger partial charge in [-0.3, -0.25) is 4.79 Å². The van der Waals surface area contributed by atoms with E-state index < -0.39 is 11.9 Å². The molecule has 0 heterocycles. The van der Waals surface area contributed by atoms with Crippen LogP contribution in [-0.4, -0.2) is 40.3 Å². The van der Waals surface area contributed by atoms with Gasteiger partial charge in [0.1, 0.15) is 0 Å². The van der Waals surface area contributed by atoms with E-state index in [1.165, 1.54) is 46.6 Å². The molecule has 0 spiro atoms. The first kappa shape index (κ1) is 21.1. The predicted molar refractivity (Wildman–Crippen MR) is 107 cm³/mol. The summed E-state index contributed by atoms with van der Waals surface area (Å²) in [5, 5.41) is 2.89. The summed E-state index contributed by atoms with van der Waals surface area (Å²) in [5.74, 6) is 0.373. The molecule has 0 unspecified atom stereocenters. The van der Waals surface area contributed by atoms with Gasteiger partial charge in [0, 0.05) is 17.3 Å². The maximum Gasteiger partial charge on any atom is 0.339 e. The molecule has 0 aliphatic carbocycles. The quantitative estimate of drug-likeness (QED) is 0.557. The zero-order valence-electron chi connectivity index (χ0n) is 15.9. The van der Waals surface area contributed by atoms with Gasteiger partial charge in [0.05, 0.1) is 39.0 Å². The molecule has 0 fully saturated rings. The minimum atomic E-state index is -0.591. The van der Waals surface area contributed by atoms with Crippen molar-refractivity contribution in [1.82, 2.24) is 0 Å². The second-order valence-corrected chi connectivity index (χ2v) is 5.84. The first-order valence-electron chi connectivity index (χ1n) is 8.11. The second-order valence-electron chi connectivity index (χ2n) is 5.43. The Balaban J connectivity index is 2.22. The first-order chi connectivity index (χ1) is 13.4. The molecule has 0 aromatic heterocycles. The molecule has 2 aromatic carbocycles. The van der Waals surface area contributed by atoms with E-state index >= 15 is 0 Å². The fourth-order valence-electron chi connectivity index (χ4n) is 2.47. The molecule has 2 rings (SSSR count). The van der Waals surface area contributed by atoms with Crippen molar-refractivity contribution in [3.63, 3.8) is 0 Å². The number of carbonyl (C=O) groups is 2. The fraction of sp³-hybridized carbons (Fsp3) is 0.200. The fourth-order valence-corrected chi connectivity index (χ4v) is 2.67. The number of nitrogens with one attached hydrogen (secondary N) is 1. The molecule has 0 saturated heterocycles. The molecule has 2 aromatic rings. The van der Waals surface area contributed by atoms with Crippen LogP contribution in [0.25, 0.3) is 6.08 Å². The first-order valence-corrected chi connectivity index (χ1v) is 8.48. The highest BCUT2D eigenvalue weighted by Gasteiger charge is 2.15. The highest BCUT2D eigenvalue weighted by Crippen LogP contribution is 2.40. The summed E-state index contributed by atoms with van der Waals surface area (Å²) in [6, 6.07) is 7.97. The van der Waals surface area contributed by atoms with Crippen molar-refractivity contribution in [3.8, 4) is 17.2 Å². The second kappa shape index (κ2) is 9.66. The van der Waals surface area contributed by atoms with Crippen LogP contribution in [-0.2, 0) is 9.53 Å². The van der Waals surface area contributed by atoms with Gasteiger partial charge in [-0.05, 0) is 36.4 Å². The number of hydrogen-bond donors (Lipinski definition) is 1. The number of halogens is 1. The zero-order valence-corrected chi connectivity index (χ0v) is 16.6. The molecular formula is C20H20ClNO6. The topological polar surface area (TPSA) is 83.1 Å². The number of methoxy groups -OCH3 is 4. The van der Waals surface area contributed by atoms with Crippen molar-refractivity contribution in [2.75, 3.05) is 33.8 Å². The van der Waals surface area contributed by atoms with Crippen molar-refractivity contribution in [2.24, 2.45) is 0 Å². The molecule has 1 N–H and O–H groups in total. The summed E-state index contributed by atoms with van der Waals surface area (Å²) in [6.07, 6.45) is 2.91. The Kier molecular flexibility index (Phi) is 7.28. The number of amides is 1. The standard InChI is InChI=1S/C20H20ClNO6/c1-25-16-9-5-12(18(26-2)19(16)27-3)6-10-17(23)22-13-7-8-15(21)14(11-13)20(24)28-4/h5-11H,1-4H3,(H,22,23)/b10-6+. The Labute approximate surface area is 167 Å². The summed E-state index contributed by atoms with van der Waals surface area (Å²) in [5.41, 5.74) is 1.19. The number of hydrogen-bond acceptors (Lipinski definition) is 6. The van der Waals surface area contributed by atoms with E-state index in [1.807, 2.05) is 0 Å². The van der Waals surface area contributed by atoms with E-state index in [-0.39, 0.29) is 10.6 Å². The van der Waals surface area contributed by atoms with Crippen LogP contribution in [0.2, 0.25) is 5.02 Å². The molecule has 0 atom stereocenters. The third kappa shape index (κ3) is 4.75. The van der Waals surface area contributed by atoms with Crippen LogP contribution in [0.15, 0.2) is 36.4 Å². The third-order valence-electron chi connectivity index (χ3n) is 3.79. The highest BCUT2D eigenvalue weighted by molar-refractivity contribution is 6.33. The number of rotatable bonds is 7. The lowest BCUT2D eigenvalue weighted by atomic mass is 10.1. The Morgan fingerprint density at radius 1 is 0.964 bits per heavy atom. The average Bonchev–Trinajstić information content (AvgIpc) is 2.71. The van der Waals surface area contributed by atoms with E-state index in [4.69, 9.17) is 25.8 Å². The minimum absolute atomic E-state index is 0.160. The molecule has 0 bridgehead atoms. The summed E-state index contributed by atoms with van der Waals surface area (Å²) < 4.78 is 20.6. The van der Waals surface area contributed by atoms with Crippen LogP contribution < -0.4 is 19.5 Å². The van der Waals surface area contributed by atoms with Crippen molar-refractivity contribution >= 4 is 35.2 Å². The van der Waals surface area contributed by atoms with Gasteiger partial charge in [0.15, 0.2) is 11.5 Å². The lowest BCUT2D eigenvalue weighted by Crippen LogP contribution is -2.09. The minimum Gasteiger partial charge on any atom is -0.493 e. The number of carbonyl (C=O) groups excluding carboxylic acids is 2. The maximum atomic E-state index is 12.3. The molecule has 28 heavy (non-hydrogen) atoms. The van der Waals surface area contributed by atoms with Crippen molar-refractivity contribution in [1.29, 1.82) is 0 Å². The zero-order chi connectivity index (χ0) is 20.7. The SMILES string of the molecule is COC(=O)c1cc(NC(=O)/C=C/c2ccc(OC)c(OC)c2OC)ccc1Cl. The summed E-state index contributed by atoms with van der Waals surface area (Å²) >= 11 is 5.97. The normalized spacial score (nSPS) is 10.5. The summed E-state index contributed by atoms with van der Waals surface area (Å²) in [4.78, 5) is 24.0. The van der Waals surface area contributed by atoms with Crippen LogP contribution in [0.3, 0.4) is 0 Å². The van der Waals surface area contributed by atoms with Gasteiger partial charge in [0.2, 0.25) is 11.7 Å². The Hall–Kier alpha value is -3.19. The van der Waals surface area contributed by atoms with Crippen LogP contribution in [0.4, 0.5) is 5.69 Å². The van der Waals surface area contributed by atoms with Crippen molar-refractivity contribution in [3.05, 3.63) is 52.6 Å². The Bertz CT molecular complexity index is 910. The van der Waals surface area contributed by atoms with E-state index in [1.54, 1.807) is 24.3 Å². The molecular weight excluding hydrogens is 386 g/mol. The van der Waals surface area contributed by atoms with Gasteiger partial charge in [-0.1, -0.05) is 11.6 Å². The Morgan fingerprint density at radius 2 is 1.68 bits per heavy atom. The molecule has 1 amide bonds. The van der Waals surface area contributed by atoms with Gasteiger partial charge in [-0.25, -0.2) is 4.79 Å². The molecule has 7 nitrogen and oxygen atoms in total. The van der Waals surface area contributed by atoms with Gasteiger partial charge in [0.25, 0.3) is 0 Å². The van der Waals surface area contributed by atoms with Crippen LogP contribution in [0.5, 0.6) is 17.2 Å². The molecule has 0 aliphatic rings. The summed E-state index contributed by atoms with van der Waals surface area (Å²) in [6.45, 7) is 0. The largest absolute Gasteiger partial charge is 0.493 e. The van der Waals surface area contributed by atoms with Crippen LogP contribution in [0.1, 0.15) is 15.9 Å². The summed E-state index contributed by atoms with van der Waals surface area (Å²) in [7, 11) is 5.77. The van der Waals surface area contributed by atoms with Crippen molar-refractivity contribution < 1.29 is 28.5 Å². The van der Waals surface area contributed by atoms with Gasteiger partial charge in [-0.15, -0.1) is 0 Å². The Morgan fingerprint density at radius 3 is 2.29 bits per heavy atom. The van der Waals surface area contributed by atoms with E-state index in [9.17, 15) is 9.59 Å². The maximum absolute atomic E-state index is 12.3. The number of benzene rings is 2. The van der Waals surface area contributed by atoms with Gasteiger partial charge >= 0.3 is 5.97 Å².